The van der Waals surface area contributed by atoms with Crippen LogP contribution in [0.5, 0.6) is 0 Å². The Hall–Kier alpha value is -1.06. The van der Waals surface area contributed by atoms with Crippen LogP contribution in [-0.2, 0) is 0 Å². The number of hydrogen-bond acceptors (Lipinski definition) is 0. The van der Waals surface area contributed by atoms with Crippen molar-refractivity contribution in [3.8, 4) is 0 Å². The monoisotopic (exact) mass is 191 g/mol. The van der Waals surface area contributed by atoms with E-state index in [-0.39, 0.29) is 11.5 Å². The van der Waals surface area contributed by atoms with Gasteiger partial charge in [0.05, 0.1) is 6.67 Å². The molecule has 0 aromatic heterocycles. The SMILES string of the molecule is C[C](CF)c1ccc(F)c(F)c1F. The lowest BCUT2D eigenvalue weighted by Crippen LogP contribution is -2.03. The zero-order chi connectivity index (χ0) is 10.0. The van der Waals surface area contributed by atoms with E-state index in [0.717, 1.165) is 12.1 Å². The van der Waals surface area contributed by atoms with E-state index in [1.165, 1.54) is 6.92 Å². The van der Waals surface area contributed by atoms with Gasteiger partial charge in [-0.2, -0.15) is 0 Å². The van der Waals surface area contributed by atoms with E-state index in [9.17, 15) is 17.6 Å². The maximum Gasteiger partial charge on any atom is 0.194 e. The first-order valence-electron chi connectivity index (χ1n) is 3.60. The molecule has 0 atom stereocenters. The van der Waals surface area contributed by atoms with Crippen molar-refractivity contribution in [1.29, 1.82) is 0 Å². The van der Waals surface area contributed by atoms with E-state index >= 15 is 0 Å². The standard InChI is InChI=1S/C9H7F4/c1-5(4-10)6-2-3-7(11)9(13)8(6)12/h2-3H,4H2,1H3. The minimum Gasteiger partial charge on any atom is -0.250 e. The van der Waals surface area contributed by atoms with Gasteiger partial charge in [0, 0.05) is 11.5 Å². The Morgan fingerprint density at radius 3 is 2.31 bits per heavy atom. The highest BCUT2D eigenvalue weighted by Gasteiger charge is 2.17. The van der Waals surface area contributed by atoms with Crippen LogP contribution in [0.4, 0.5) is 17.6 Å². The fourth-order valence-corrected chi connectivity index (χ4v) is 0.927. The zero-order valence-corrected chi connectivity index (χ0v) is 6.87. The van der Waals surface area contributed by atoms with E-state index in [4.69, 9.17) is 0 Å². The fraction of sp³-hybridized carbons (Fsp3) is 0.222. The van der Waals surface area contributed by atoms with Crippen molar-refractivity contribution >= 4 is 0 Å². The lowest BCUT2D eigenvalue weighted by Gasteiger charge is -2.08. The Kier molecular flexibility index (Phi) is 2.90. The number of rotatable bonds is 2. The fourth-order valence-electron chi connectivity index (χ4n) is 0.927. The molecule has 0 aliphatic rings. The van der Waals surface area contributed by atoms with E-state index in [1.807, 2.05) is 0 Å². The van der Waals surface area contributed by atoms with Gasteiger partial charge in [0.15, 0.2) is 17.5 Å². The summed E-state index contributed by atoms with van der Waals surface area (Å²) in [5, 5.41) is 0. The second-order valence-corrected chi connectivity index (χ2v) is 2.64. The molecule has 1 aromatic carbocycles. The third-order valence-corrected chi connectivity index (χ3v) is 1.70. The second-order valence-electron chi connectivity index (χ2n) is 2.64. The molecule has 0 fully saturated rings. The van der Waals surface area contributed by atoms with Crippen molar-refractivity contribution in [2.75, 3.05) is 6.67 Å². The molecule has 4 heteroatoms. The molecule has 0 spiro atoms. The van der Waals surface area contributed by atoms with Gasteiger partial charge >= 0.3 is 0 Å². The average Bonchev–Trinajstić information content (AvgIpc) is 2.13. The summed E-state index contributed by atoms with van der Waals surface area (Å²) in [7, 11) is 0. The summed E-state index contributed by atoms with van der Waals surface area (Å²) in [6.07, 6.45) is 0. The Bertz CT molecular complexity index is 309. The normalized spacial score (nSPS) is 10.9. The largest absolute Gasteiger partial charge is 0.250 e. The molecular formula is C9H7F4. The summed E-state index contributed by atoms with van der Waals surface area (Å²) in [6.45, 7) is 0.428. The van der Waals surface area contributed by atoms with Crippen LogP contribution >= 0.6 is 0 Å². The maximum absolute atomic E-state index is 12.9. The molecule has 0 heterocycles. The molecule has 1 aromatic rings. The van der Waals surface area contributed by atoms with Gasteiger partial charge < -0.3 is 0 Å². The van der Waals surface area contributed by atoms with Crippen molar-refractivity contribution in [1.82, 2.24) is 0 Å². The lowest BCUT2D eigenvalue weighted by atomic mass is 10.0. The Morgan fingerprint density at radius 1 is 1.15 bits per heavy atom. The van der Waals surface area contributed by atoms with Crippen molar-refractivity contribution in [3.05, 3.63) is 41.1 Å². The lowest BCUT2D eigenvalue weighted by molar-refractivity contribution is 0.437. The second kappa shape index (κ2) is 3.77. The van der Waals surface area contributed by atoms with Gasteiger partial charge in [-0.3, -0.25) is 4.39 Å². The Balaban J connectivity index is 3.18. The molecule has 0 unspecified atom stereocenters. The molecule has 0 aliphatic heterocycles. The van der Waals surface area contributed by atoms with E-state index in [1.54, 1.807) is 0 Å². The average molecular weight is 191 g/mol. The van der Waals surface area contributed by atoms with Gasteiger partial charge in [0.25, 0.3) is 0 Å². The van der Waals surface area contributed by atoms with Gasteiger partial charge in [0.2, 0.25) is 0 Å². The van der Waals surface area contributed by atoms with Gasteiger partial charge in [0.1, 0.15) is 0 Å². The number of halogens is 4. The molecular weight excluding hydrogens is 184 g/mol. The first-order chi connectivity index (χ1) is 6.07. The molecule has 0 saturated carbocycles. The predicted octanol–water partition coefficient (Wildman–Crippen LogP) is 3.02. The van der Waals surface area contributed by atoms with E-state index < -0.39 is 24.1 Å². The summed E-state index contributed by atoms with van der Waals surface area (Å²) in [4.78, 5) is 0. The molecule has 71 valence electrons. The summed E-state index contributed by atoms with van der Waals surface area (Å²) < 4.78 is 50.0. The highest BCUT2D eigenvalue weighted by molar-refractivity contribution is 5.32. The summed E-state index contributed by atoms with van der Waals surface area (Å²) in [5.41, 5.74) is -0.221. The molecule has 1 rings (SSSR count). The minimum atomic E-state index is -1.56. The Morgan fingerprint density at radius 2 is 1.77 bits per heavy atom. The van der Waals surface area contributed by atoms with Crippen molar-refractivity contribution < 1.29 is 17.6 Å². The number of alkyl halides is 1. The molecule has 0 N–H and O–H groups in total. The molecule has 0 aliphatic carbocycles. The summed E-state index contributed by atoms with van der Waals surface area (Å²) >= 11 is 0. The van der Waals surface area contributed by atoms with Crippen LogP contribution in [0, 0.1) is 23.4 Å². The Labute approximate surface area is 73.2 Å². The highest BCUT2D eigenvalue weighted by Crippen LogP contribution is 2.22. The molecule has 13 heavy (non-hydrogen) atoms. The number of hydrogen-bond donors (Lipinski definition) is 0. The van der Waals surface area contributed by atoms with E-state index in [0.29, 0.717) is 0 Å². The minimum absolute atomic E-state index is 0.0383. The van der Waals surface area contributed by atoms with Crippen molar-refractivity contribution in [2.45, 2.75) is 6.92 Å². The molecule has 0 nitrogen and oxygen atoms in total. The van der Waals surface area contributed by atoms with Crippen LogP contribution in [0.15, 0.2) is 12.1 Å². The predicted molar refractivity (Wildman–Crippen MR) is 40.3 cm³/mol. The molecule has 1 radical (unpaired) electrons. The first kappa shape index (κ1) is 10.0. The van der Waals surface area contributed by atoms with Crippen LogP contribution in [0.1, 0.15) is 12.5 Å². The van der Waals surface area contributed by atoms with Crippen LogP contribution in [0.25, 0.3) is 0 Å². The third kappa shape index (κ3) is 1.82. The topological polar surface area (TPSA) is 0 Å². The van der Waals surface area contributed by atoms with Crippen molar-refractivity contribution in [3.63, 3.8) is 0 Å². The summed E-state index contributed by atoms with van der Waals surface area (Å²) in [5.74, 6) is -4.13. The van der Waals surface area contributed by atoms with Gasteiger partial charge in [-0.25, -0.2) is 13.2 Å². The maximum atomic E-state index is 12.9. The van der Waals surface area contributed by atoms with Crippen LogP contribution in [0.2, 0.25) is 0 Å². The molecule has 0 amide bonds. The molecule has 0 saturated heterocycles. The van der Waals surface area contributed by atoms with Crippen LogP contribution in [-0.4, -0.2) is 6.67 Å². The van der Waals surface area contributed by atoms with Gasteiger partial charge in [-0.05, 0) is 6.07 Å². The highest BCUT2D eigenvalue weighted by atomic mass is 19.2. The van der Waals surface area contributed by atoms with E-state index in [2.05, 4.69) is 0 Å². The third-order valence-electron chi connectivity index (χ3n) is 1.70. The zero-order valence-electron chi connectivity index (χ0n) is 6.87. The molecule has 0 bridgehead atoms. The van der Waals surface area contributed by atoms with Crippen molar-refractivity contribution in [2.24, 2.45) is 0 Å². The number of benzene rings is 1. The smallest absolute Gasteiger partial charge is 0.194 e. The van der Waals surface area contributed by atoms with Gasteiger partial charge in [-0.15, -0.1) is 0 Å². The van der Waals surface area contributed by atoms with Crippen LogP contribution in [0.3, 0.4) is 0 Å². The quantitative estimate of drug-likeness (QED) is 0.498. The summed E-state index contributed by atoms with van der Waals surface area (Å²) in [6, 6.07) is 1.79. The van der Waals surface area contributed by atoms with Crippen LogP contribution < -0.4 is 0 Å². The van der Waals surface area contributed by atoms with Gasteiger partial charge in [-0.1, -0.05) is 13.0 Å². The first-order valence-corrected chi connectivity index (χ1v) is 3.60.